The average molecular weight is 297 g/mol. The molecule has 1 saturated heterocycles. The van der Waals surface area contributed by atoms with Gasteiger partial charge in [0, 0.05) is 31.6 Å². The van der Waals surface area contributed by atoms with Crippen LogP contribution in [0.15, 0.2) is 5.38 Å². The van der Waals surface area contributed by atoms with Crippen LogP contribution in [0, 0.1) is 5.92 Å². The molecule has 114 valence electrons. The first-order valence-corrected chi connectivity index (χ1v) is 8.42. The third-order valence-electron chi connectivity index (χ3n) is 3.31. The zero-order valence-corrected chi connectivity index (χ0v) is 13.9. The van der Waals surface area contributed by atoms with E-state index in [2.05, 4.69) is 43.3 Å². The highest BCUT2D eigenvalue weighted by Crippen LogP contribution is 2.16. The molecule has 2 rings (SSSR count). The molecule has 1 aliphatic heterocycles. The van der Waals surface area contributed by atoms with Gasteiger partial charge in [-0.15, -0.1) is 11.3 Å². The van der Waals surface area contributed by atoms with E-state index in [0.29, 0.717) is 18.1 Å². The van der Waals surface area contributed by atoms with Crippen molar-refractivity contribution in [3.8, 4) is 0 Å². The molecule has 0 aliphatic carbocycles. The van der Waals surface area contributed by atoms with Crippen LogP contribution < -0.4 is 5.32 Å². The highest BCUT2D eigenvalue weighted by Gasteiger charge is 2.22. The van der Waals surface area contributed by atoms with Crippen LogP contribution in [0.4, 0.5) is 0 Å². The summed E-state index contributed by atoms with van der Waals surface area (Å²) >= 11 is 1.76. The molecule has 1 aliphatic rings. The van der Waals surface area contributed by atoms with Gasteiger partial charge in [-0.3, -0.25) is 4.90 Å². The predicted octanol–water partition coefficient (Wildman–Crippen LogP) is 2.50. The standard InChI is InChI=1S/C15H27N3OS/c1-11(2)5-16-6-15-17-14(10-20-15)9-18-7-12(3)19-13(4)8-18/h10-13,16H,5-9H2,1-4H3/t12-,13+. The van der Waals surface area contributed by atoms with Gasteiger partial charge >= 0.3 is 0 Å². The number of hydrogen-bond acceptors (Lipinski definition) is 5. The Morgan fingerprint density at radius 1 is 1.40 bits per heavy atom. The highest BCUT2D eigenvalue weighted by molar-refractivity contribution is 7.09. The molecule has 2 atom stereocenters. The van der Waals surface area contributed by atoms with Crippen molar-refractivity contribution in [3.05, 3.63) is 16.1 Å². The molecule has 0 spiro atoms. The fraction of sp³-hybridized carbons (Fsp3) is 0.800. The second-order valence-electron chi connectivity index (χ2n) is 6.21. The molecule has 1 aromatic heterocycles. The first kappa shape index (κ1) is 15.9. The minimum absolute atomic E-state index is 0.324. The molecule has 1 N–H and O–H groups in total. The summed E-state index contributed by atoms with van der Waals surface area (Å²) in [4.78, 5) is 7.17. The molecule has 4 nitrogen and oxygen atoms in total. The maximum absolute atomic E-state index is 5.77. The maximum atomic E-state index is 5.77. The Bertz CT molecular complexity index is 398. The second kappa shape index (κ2) is 7.50. The van der Waals surface area contributed by atoms with Crippen LogP contribution in [0.5, 0.6) is 0 Å². The topological polar surface area (TPSA) is 37.4 Å². The van der Waals surface area contributed by atoms with Gasteiger partial charge < -0.3 is 10.1 Å². The number of nitrogens with one attached hydrogen (secondary N) is 1. The lowest BCUT2D eigenvalue weighted by Gasteiger charge is -2.34. The third kappa shape index (κ3) is 5.13. The van der Waals surface area contributed by atoms with Crippen LogP contribution in [-0.2, 0) is 17.8 Å². The lowest BCUT2D eigenvalue weighted by molar-refractivity contribution is -0.0707. The van der Waals surface area contributed by atoms with Crippen LogP contribution in [0.2, 0.25) is 0 Å². The number of thiazole rings is 1. The predicted molar refractivity (Wildman–Crippen MR) is 83.9 cm³/mol. The van der Waals surface area contributed by atoms with Gasteiger partial charge in [0.05, 0.1) is 17.9 Å². The Morgan fingerprint density at radius 3 is 2.75 bits per heavy atom. The molecule has 0 saturated carbocycles. The van der Waals surface area contributed by atoms with E-state index in [1.165, 1.54) is 10.7 Å². The third-order valence-corrected chi connectivity index (χ3v) is 4.21. The monoisotopic (exact) mass is 297 g/mol. The van der Waals surface area contributed by atoms with Crippen molar-refractivity contribution >= 4 is 11.3 Å². The first-order valence-electron chi connectivity index (χ1n) is 7.54. The number of nitrogens with zero attached hydrogens (tertiary/aromatic N) is 2. The minimum Gasteiger partial charge on any atom is -0.373 e. The van der Waals surface area contributed by atoms with Crippen LogP contribution in [0.25, 0.3) is 0 Å². The van der Waals surface area contributed by atoms with Crippen molar-refractivity contribution in [2.45, 2.75) is 53.0 Å². The zero-order chi connectivity index (χ0) is 14.5. The molecular weight excluding hydrogens is 270 g/mol. The summed E-state index contributed by atoms with van der Waals surface area (Å²) in [5, 5.41) is 6.83. The van der Waals surface area contributed by atoms with E-state index in [4.69, 9.17) is 9.72 Å². The van der Waals surface area contributed by atoms with Crippen molar-refractivity contribution in [2.24, 2.45) is 5.92 Å². The van der Waals surface area contributed by atoms with Gasteiger partial charge in [-0.05, 0) is 26.3 Å². The molecule has 0 aromatic carbocycles. The fourth-order valence-electron chi connectivity index (χ4n) is 2.61. The molecule has 5 heteroatoms. The van der Waals surface area contributed by atoms with Gasteiger partial charge in [-0.1, -0.05) is 13.8 Å². The lowest BCUT2D eigenvalue weighted by Crippen LogP contribution is -2.44. The van der Waals surface area contributed by atoms with Crippen molar-refractivity contribution < 1.29 is 4.74 Å². The maximum Gasteiger partial charge on any atom is 0.107 e. The Kier molecular flexibility index (Phi) is 5.96. The van der Waals surface area contributed by atoms with Crippen LogP contribution >= 0.6 is 11.3 Å². The summed E-state index contributed by atoms with van der Waals surface area (Å²) in [5.41, 5.74) is 1.19. The van der Waals surface area contributed by atoms with E-state index in [0.717, 1.165) is 32.7 Å². The van der Waals surface area contributed by atoms with Gasteiger partial charge in [0.1, 0.15) is 5.01 Å². The Hall–Kier alpha value is -0.490. The smallest absolute Gasteiger partial charge is 0.107 e. The van der Waals surface area contributed by atoms with Gasteiger partial charge in [0.25, 0.3) is 0 Å². The quantitative estimate of drug-likeness (QED) is 0.875. The van der Waals surface area contributed by atoms with Crippen LogP contribution in [0.3, 0.4) is 0 Å². The molecule has 20 heavy (non-hydrogen) atoms. The van der Waals surface area contributed by atoms with Gasteiger partial charge in [-0.2, -0.15) is 0 Å². The van der Waals surface area contributed by atoms with Gasteiger partial charge in [0.2, 0.25) is 0 Å². The van der Waals surface area contributed by atoms with Crippen molar-refractivity contribution in [1.82, 2.24) is 15.2 Å². The molecular formula is C15H27N3OS. The first-order chi connectivity index (χ1) is 9.52. The van der Waals surface area contributed by atoms with E-state index >= 15 is 0 Å². The lowest BCUT2D eigenvalue weighted by atomic mass is 10.2. The van der Waals surface area contributed by atoms with Crippen LogP contribution in [-0.4, -0.2) is 41.7 Å². The summed E-state index contributed by atoms with van der Waals surface area (Å²) in [6.07, 6.45) is 0.647. The minimum atomic E-state index is 0.324. The van der Waals surface area contributed by atoms with Crippen molar-refractivity contribution in [1.29, 1.82) is 0 Å². The SMILES string of the molecule is CC(C)CNCc1nc(CN2C[C@@H](C)O[C@@H](C)C2)cs1. The van der Waals surface area contributed by atoms with Crippen molar-refractivity contribution in [3.63, 3.8) is 0 Å². The molecule has 0 radical (unpaired) electrons. The number of ether oxygens (including phenoxy) is 1. The number of aromatic nitrogens is 1. The molecule has 2 heterocycles. The van der Waals surface area contributed by atoms with Crippen LogP contribution in [0.1, 0.15) is 38.4 Å². The largest absolute Gasteiger partial charge is 0.373 e. The Morgan fingerprint density at radius 2 is 2.10 bits per heavy atom. The highest BCUT2D eigenvalue weighted by atomic mass is 32.1. The molecule has 0 amide bonds. The van der Waals surface area contributed by atoms with E-state index in [9.17, 15) is 0 Å². The van der Waals surface area contributed by atoms with Gasteiger partial charge in [-0.25, -0.2) is 4.98 Å². The van der Waals surface area contributed by atoms with Crippen molar-refractivity contribution in [2.75, 3.05) is 19.6 Å². The van der Waals surface area contributed by atoms with E-state index < -0.39 is 0 Å². The Labute approximate surface area is 126 Å². The Balaban J connectivity index is 1.80. The van der Waals surface area contributed by atoms with E-state index in [-0.39, 0.29) is 0 Å². The summed E-state index contributed by atoms with van der Waals surface area (Å²) in [6, 6.07) is 0. The number of hydrogen-bond donors (Lipinski definition) is 1. The molecule has 0 unspecified atom stereocenters. The average Bonchev–Trinajstić information content (AvgIpc) is 2.74. The summed E-state index contributed by atoms with van der Waals surface area (Å²) in [5.74, 6) is 0.686. The summed E-state index contributed by atoms with van der Waals surface area (Å²) in [7, 11) is 0. The number of morpholine rings is 1. The fourth-order valence-corrected chi connectivity index (χ4v) is 3.37. The van der Waals surface area contributed by atoms with E-state index in [1.807, 2.05) is 0 Å². The number of rotatable bonds is 6. The van der Waals surface area contributed by atoms with Gasteiger partial charge in [0.15, 0.2) is 0 Å². The zero-order valence-electron chi connectivity index (χ0n) is 13.1. The molecule has 1 fully saturated rings. The van der Waals surface area contributed by atoms with E-state index in [1.54, 1.807) is 11.3 Å². The summed E-state index contributed by atoms with van der Waals surface area (Å²) in [6.45, 7) is 13.6. The summed E-state index contributed by atoms with van der Waals surface area (Å²) < 4.78 is 5.77. The second-order valence-corrected chi connectivity index (χ2v) is 7.15. The molecule has 0 bridgehead atoms. The normalized spacial score (nSPS) is 24.4. The molecule has 1 aromatic rings.